The Bertz CT molecular complexity index is 2580. The van der Waals surface area contributed by atoms with Crippen molar-refractivity contribution >= 4 is 53.7 Å². The maximum atomic E-state index is 15.5. The quantitative estimate of drug-likeness (QED) is 0.123. The smallest absolute Gasteiger partial charge is 0.264 e. The summed E-state index contributed by atoms with van der Waals surface area (Å²) in [5.74, 6) is 0.195. The predicted molar refractivity (Wildman–Crippen MR) is 241 cm³/mol. The number of nitrogens with zero attached hydrogens (tertiary/aromatic N) is 5. The number of halogens is 1. The number of benzene rings is 5. The first kappa shape index (κ1) is 40.8. The van der Waals surface area contributed by atoms with Gasteiger partial charge in [0.25, 0.3) is 5.91 Å². The minimum Gasteiger partial charge on any atom is -0.497 e. The minimum atomic E-state index is -2.43. The molecule has 9 rings (SSSR count). The van der Waals surface area contributed by atoms with Crippen LogP contribution >= 0.6 is 11.6 Å². The fraction of sp³-hybridized carbons (Fsp3) is 0.306. The van der Waals surface area contributed by atoms with E-state index in [-0.39, 0.29) is 48.4 Å². The Balaban J connectivity index is 1.06. The molecule has 0 saturated carbocycles. The molecule has 6 aromatic rings. The van der Waals surface area contributed by atoms with Gasteiger partial charge in [-0.15, -0.1) is 5.10 Å². The molecule has 4 heterocycles. The summed E-state index contributed by atoms with van der Waals surface area (Å²) in [5, 5.41) is 21.1. The Kier molecular flexibility index (Phi) is 10.9. The molecule has 5 aromatic carbocycles. The monoisotopic (exact) mass is 851 g/mol. The second-order valence-corrected chi connectivity index (χ2v) is 22.2. The summed E-state index contributed by atoms with van der Waals surface area (Å²) in [7, 11) is -0.754. The Morgan fingerprint density at radius 3 is 2.46 bits per heavy atom. The molecule has 2 amide bonds. The Labute approximate surface area is 362 Å². The van der Waals surface area contributed by atoms with Gasteiger partial charge in [0.15, 0.2) is 5.60 Å². The number of carbonyl (C=O) groups excluding carboxylic acids is 2. The van der Waals surface area contributed by atoms with Crippen molar-refractivity contribution < 1.29 is 24.2 Å². The molecule has 61 heavy (non-hydrogen) atoms. The van der Waals surface area contributed by atoms with Gasteiger partial charge in [-0.05, 0) is 83.6 Å². The first-order chi connectivity index (χ1) is 29.5. The number of carbonyl (C=O) groups is 2. The summed E-state index contributed by atoms with van der Waals surface area (Å²) in [6, 6.07) is 39.8. The molecule has 3 aliphatic rings. The van der Waals surface area contributed by atoms with E-state index in [1.165, 1.54) is 5.19 Å². The topological polar surface area (TPSA) is 110 Å². The molecule has 12 heteroatoms. The molecule has 3 aliphatic heterocycles. The zero-order chi connectivity index (χ0) is 42.5. The van der Waals surface area contributed by atoms with Gasteiger partial charge in [0, 0.05) is 41.4 Å². The van der Waals surface area contributed by atoms with Gasteiger partial charge in [-0.1, -0.05) is 115 Å². The van der Waals surface area contributed by atoms with Crippen LogP contribution in [0.15, 0.2) is 128 Å². The van der Waals surface area contributed by atoms with Crippen LogP contribution < -0.4 is 19.7 Å². The van der Waals surface area contributed by atoms with Crippen LogP contribution in [0.5, 0.6) is 5.75 Å². The lowest BCUT2D eigenvalue weighted by atomic mass is 9.82. The normalized spacial score (nSPS) is 21.5. The highest BCUT2D eigenvalue weighted by Gasteiger charge is 2.66. The van der Waals surface area contributed by atoms with Crippen LogP contribution in [0.25, 0.3) is 0 Å². The third-order valence-electron chi connectivity index (χ3n) is 13.3. The molecule has 10 nitrogen and oxygen atoms in total. The molecular formula is C49H50ClN5O5Si. The lowest BCUT2D eigenvalue weighted by Gasteiger charge is -2.37. The third-order valence-corrected chi connectivity index (χ3v) is 17.9. The average Bonchev–Trinajstić information content (AvgIpc) is 3.93. The summed E-state index contributed by atoms with van der Waals surface area (Å²) in [6.45, 7) is 7.61. The van der Waals surface area contributed by atoms with Crippen molar-refractivity contribution in [1.82, 2.24) is 15.0 Å². The van der Waals surface area contributed by atoms with Crippen LogP contribution in [-0.4, -0.2) is 59.8 Å². The number of aromatic nitrogens is 3. The maximum absolute atomic E-state index is 15.5. The number of amides is 2. The number of hydrogen-bond donors (Lipinski definition) is 1. The van der Waals surface area contributed by atoms with E-state index in [1.54, 1.807) is 12.0 Å². The molecule has 1 spiro atoms. The van der Waals surface area contributed by atoms with Crippen molar-refractivity contribution in [3.05, 3.63) is 160 Å². The van der Waals surface area contributed by atoms with Gasteiger partial charge in [0.2, 0.25) is 5.91 Å². The summed E-state index contributed by atoms with van der Waals surface area (Å²) < 4.78 is 14.8. The van der Waals surface area contributed by atoms with Crippen LogP contribution in [0, 0.1) is 5.92 Å². The Hall–Kier alpha value is -5.59. The van der Waals surface area contributed by atoms with Crippen LogP contribution in [0.3, 0.4) is 0 Å². The largest absolute Gasteiger partial charge is 0.497 e. The van der Waals surface area contributed by atoms with Gasteiger partial charge in [0.05, 0.1) is 57.4 Å². The number of fused-ring (bicyclic) bond motifs is 3. The summed E-state index contributed by atoms with van der Waals surface area (Å²) in [5.41, 5.74) is 5.61. The van der Waals surface area contributed by atoms with Gasteiger partial charge in [-0.3, -0.25) is 19.2 Å². The van der Waals surface area contributed by atoms with Gasteiger partial charge in [-0.25, -0.2) is 0 Å². The van der Waals surface area contributed by atoms with E-state index >= 15 is 4.79 Å². The van der Waals surface area contributed by atoms with Crippen molar-refractivity contribution in [2.45, 2.75) is 75.5 Å². The standard InChI is InChI=1S/C49H50ClN5O5Si/c1-32-47(61(3,4)39-21-19-38(59-2)20-22-39)45(25-26-53-30-42(51-52-53)40(31-56)34-12-6-5-7-13-34)60-49(32)41-28-36(50)18-23-44(41)54(48(49)58)29-33-11-10-15-37(27-33)55-43-16-9-8-14-35(43)17-24-46(55)57/h5-16,18-23,27-28,30,32,40,45,47,56H,17,24-26,29,31H2,1-4H3/t32-,40?,45+,47-,49+/m0/s1. The lowest BCUT2D eigenvalue weighted by Crippen LogP contribution is -2.51. The van der Waals surface area contributed by atoms with Crippen LogP contribution in [0.4, 0.5) is 17.1 Å². The lowest BCUT2D eigenvalue weighted by molar-refractivity contribution is -0.146. The van der Waals surface area contributed by atoms with Crippen molar-refractivity contribution in [1.29, 1.82) is 0 Å². The van der Waals surface area contributed by atoms with Gasteiger partial charge >= 0.3 is 0 Å². The number of aliphatic hydroxyl groups is 1. The average molecular weight is 853 g/mol. The van der Waals surface area contributed by atoms with E-state index in [0.29, 0.717) is 36.5 Å². The molecule has 0 aliphatic carbocycles. The highest BCUT2D eigenvalue weighted by Crippen LogP contribution is 2.60. The number of hydrogen-bond acceptors (Lipinski definition) is 7. The molecule has 1 N–H and O–H groups in total. The van der Waals surface area contributed by atoms with Crippen LogP contribution in [0.1, 0.15) is 53.6 Å². The van der Waals surface area contributed by atoms with E-state index in [4.69, 9.17) is 21.1 Å². The number of aryl methyl sites for hydroxylation is 2. The van der Waals surface area contributed by atoms with E-state index in [1.807, 2.05) is 119 Å². The Morgan fingerprint density at radius 1 is 0.918 bits per heavy atom. The van der Waals surface area contributed by atoms with E-state index in [0.717, 1.165) is 45.1 Å². The zero-order valence-electron chi connectivity index (χ0n) is 34.9. The fourth-order valence-electron chi connectivity index (χ4n) is 10.3. The number of methoxy groups -OCH3 is 1. The molecule has 0 bridgehead atoms. The second-order valence-electron chi connectivity index (χ2n) is 17.1. The van der Waals surface area contributed by atoms with Crippen molar-refractivity contribution in [2.24, 2.45) is 5.92 Å². The molecule has 0 radical (unpaired) electrons. The first-order valence-corrected chi connectivity index (χ1v) is 24.5. The number of para-hydroxylation sites is 1. The van der Waals surface area contributed by atoms with Gasteiger partial charge in [0.1, 0.15) is 5.75 Å². The first-order valence-electron chi connectivity index (χ1n) is 21.0. The highest BCUT2D eigenvalue weighted by atomic mass is 35.5. The third kappa shape index (κ3) is 7.17. The summed E-state index contributed by atoms with van der Waals surface area (Å²) >= 11 is 6.80. The molecule has 1 unspecified atom stereocenters. The van der Waals surface area contributed by atoms with Crippen LogP contribution in [-0.2, 0) is 39.4 Å². The van der Waals surface area contributed by atoms with E-state index < -0.39 is 13.7 Å². The number of rotatable bonds is 12. The molecule has 1 aromatic heterocycles. The molecule has 1 saturated heterocycles. The molecule has 1 fully saturated rings. The molecule has 5 atom stereocenters. The maximum Gasteiger partial charge on any atom is 0.264 e. The van der Waals surface area contributed by atoms with E-state index in [2.05, 4.69) is 48.5 Å². The molecule has 312 valence electrons. The fourth-order valence-corrected chi connectivity index (χ4v) is 14.5. The Morgan fingerprint density at radius 2 is 1.69 bits per heavy atom. The van der Waals surface area contributed by atoms with Gasteiger partial charge < -0.3 is 19.5 Å². The highest BCUT2D eigenvalue weighted by molar-refractivity contribution is 6.91. The van der Waals surface area contributed by atoms with Crippen molar-refractivity contribution in [3.63, 3.8) is 0 Å². The van der Waals surface area contributed by atoms with Gasteiger partial charge in [-0.2, -0.15) is 0 Å². The second kappa shape index (κ2) is 16.4. The van der Waals surface area contributed by atoms with Crippen LogP contribution in [0.2, 0.25) is 23.7 Å². The SMILES string of the molecule is COc1ccc([Si](C)(C)[C@@H]2[C@@H](CCn3cc(C(CO)c4ccccc4)nn3)O[C@]3(C(=O)N(Cc4cccc(N5C(=O)CCc6ccccc65)c4)c4ccc(Cl)cc43)[C@H]2C)cc1. The van der Waals surface area contributed by atoms with Crippen molar-refractivity contribution in [3.8, 4) is 5.75 Å². The minimum absolute atomic E-state index is 0.00244. The van der Waals surface area contributed by atoms with E-state index in [9.17, 15) is 9.90 Å². The predicted octanol–water partition coefficient (Wildman–Crippen LogP) is 8.53. The summed E-state index contributed by atoms with van der Waals surface area (Å²) in [4.78, 5) is 32.6. The molecular weight excluding hydrogens is 802 g/mol. The number of anilines is 3. The van der Waals surface area contributed by atoms with Crippen molar-refractivity contribution in [2.75, 3.05) is 23.5 Å². The number of ether oxygens (including phenoxy) is 2. The number of aliphatic hydroxyl groups excluding tert-OH is 1. The zero-order valence-corrected chi connectivity index (χ0v) is 36.6. The summed E-state index contributed by atoms with van der Waals surface area (Å²) in [6.07, 6.45) is 3.32.